The molecule has 1 aliphatic heterocycles. The lowest BCUT2D eigenvalue weighted by molar-refractivity contribution is -0.137. The van der Waals surface area contributed by atoms with E-state index in [-0.39, 0.29) is 5.91 Å². The summed E-state index contributed by atoms with van der Waals surface area (Å²) in [4.78, 5) is 33.7. The first-order chi connectivity index (χ1) is 15.6. The van der Waals surface area contributed by atoms with E-state index in [2.05, 4.69) is 21.4 Å². The molecule has 1 aliphatic rings. The van der Waals surface area contributed by atoms with E-state index in [1.807, 2.05) is 48.7 Å². The van der Waals surface area contributed by atoms with Crippen LogP contribution in [0.5, 0.6) is 0 Å². The lowest BCUT2D eigenvalue weighted by Crippen LogP contribution is -2.51. The van der Waals surface area contributed by atoms with Crippen molar-refractivity contribution in [2.45, 2.75) is 19.0 Å². The van der Waals surface area contributed by atoms with Crippen LogP contribution in [0.2, 0.25) is 0 Å². The molecule has 4 N–H and O–H groups in total. The molecule has 5 rings (SSSR count). The van der Waals surface area contributed by atoms with Crippen molar-refractivity contribution in [1.82, 2.24) is 20.2 Å². The molecule has 2 aromatic heterocycles. The predicted molar refractivity (Wildman–Crippen MR) is 124 cm³/mol. The summed E-state index contributed by atoms with van der Waals surface area (Å²) < 4.78 is 0. The van der Waals surface area contributed by atoms with E-state index in [1.165, 1.54) is 17.0 Å². The van der Waals surface area contributed by atoms with Gasteiger partial charge in [0.15, 0.2) is 0 Å². The molecular weight excluding hydrogens is 404 g/mol. The molecular formula is C25H24N4O3. The average Bonchev–Trinajstić information content (AvgIpc) is 3.41. The number of hydrogen-bond donors (Lipinski definition) is 4. The second-order valence-electron chi connectivity index (χ2n) is 8.00. The van der Waals surface area contributed by atoms with Crippen molar-refractivity contribution in [2.24, 2.45) is 0 Å². The number of aliphatic hydroxyl groups excluding tert-OH is 1. The largest absolute Gasteiger partial charge is 0.394 e. The number of aromatic nitrogens is 2. The van der Waals surface area contributed by atoms with Crippen LogP contribution in [0.1, 0.15) is 16.8 Å². The van der Waals surface area contributed by atoms with Crippen molar-refractivity contribution >= 4 is 39.7 Å². The van der Waals surface area contributed by atoms with Gasteiger partial charge in [0, 0.05) is 46.3 Å². The van der Waals surface area contributed by atoms with Crippen LogP contribution in [-0.4, -0.2) is 51.0 Å². The second kappa shape index (κ2) is 8.36. The zero-order valence-corrected chi connectivity index (χ0v) is 17.5. The van der Waals surface area contributed by atoms with Gasteiger partial charge < -0.3 is 25.3 Å². The van der Waals surface area contributed by atoms with Gasteiger partial charge in [-0.2, -0.15) is 0 Å². The number of carbonyl (C=O) groups excluding carboxylic acids is 2. The fourth-order valence-electron chi connectivity index (χ4n) is 4.40. The number of benzene rings is 2. The van der Waals surface area contributed by atoms with E-state index >= 15 is 0 Å². The molecule has 162 valence electrons. The summed E-state index contributed by atoms with van der Waals surface area (Å²) in [6.07, 6.45) is 5.65. The molecule has 0 bridgehead atoms. The molecule has 0 saturated carbocycles. The van der Waals surface area contributed by atoms with Gasteiger partial charge >= 0.3 is 0 Å². The number of nitrogens with zero attached hydrogens (tertiary/aromatic N) is 1. The van der Waals surface area contributed by atoms with Crippen LogP contribution in [0.25, 0.3) is 27.9 Å². The maximum absolute atomic E-state index is 13.0. The highest BCUT2D eigenvalue weighted by molar-refractivity contribution is 5.98. The van der Waals surface area contributed by atoms with Crippen LogP contribution in [0, 0.1) is 0 Å². The number of aromatic amines is 2. The van der Waals surface area contributed by atoms with Crippen LogP contribution >= 0.6 is 0 Å². The zero-order valence-electron chi connectivity index (χ0n) is 17.5. The molecule has 0 aliphatic carbocycles. The van der Waals surface area contributed by atoms with E-state index in [1.54, 1.807) is 11.0 Å². The monoisotopic (exact) mass is 428 g/mol. The van der Waals surface area contributed by atoms with Gasteiger partial charge in [0.05, 0.1) is 13.2 Å². The first kappa shape index (κ1) is 20.1. The van der Waals surface area contributed by atoms with Crippen LogP contribution < -0.4 is 5.32 Å². The number of rotatable bonds is 5. The number of nitrogens with one attached hydrogen (secondary N) is 3. The standard InChI is InChI=1S/C25H24N4O3/c30-15-23(28-24(31)10-9-16-13-26-20-7-3-1-5-17(16)20)25(32)29-12-11-19-18-6-2-4-8-21(18)27-22(19)14-29/h1-10,13,23,26-27,30H,11-12,14-15H2,(H,28,31). The highest BCUT2D eigenvalue weighted by atomic mass is 16.3. The molecule has 7 heteroatoms. The van der Waals surface area contributed by atoms with Crippen LogP contribution in [0.3, 0.4) is 0 Å². The van der Waals surface area contributed by atoms with Crippen molar-refractivity contribution < 1.29 is 14.7 Å². The van der Waals surface area contributed by atoms with Crippen LogP contribution in [0.4, 0.5) is 0 Å². The minimum Gasteiger partial charge on any atom is -0.394 e. The fourth-order valence-corrected chi connectivity index (χ4v) is 4.40. The SMILES string of the molecule is O=C(C=Cc1c[nH]c2ccccc12)NC(CO)C(=O)N1CCc2c([nH]c3ccccc23)C1. The van der Waals surface area contributed by atoms with E-state index in [0.29, 0.717) is 13.1 Å². The van der Waals surface area contributed by atoms with Crippen LogP contribution in [-0.2, 0) is 22.6 Å². The number of amides is 2. The number of hydrogen-bond acceptors (Lipinski definition) is 3. The van der Waals surface area contributed by atoms with Crippen molar-refractivity contribution in [3.05, 3.63) is 77.6 Å². The number of fused-ring (bicyclic) bond motifs is 4. The van der Waals surface area contributed by atoms with Gasteiger partial charge in [-0.1, -0.05) is 36.4 Å². The molecule has 2 amide bonds. The van der Waals surface area contributed by atoms with E-state index in [9.17, 15) is 14.7 Å². The Morgan fingerprint density at radius 2 is 1.84 bits per heavy atom. The maximum atomic E-state index is 13.0. The molecule has 2 aromatic carbocycles. The maximum Gasteiger partial charge on any atom is 0.247 e. The van der Waals surface area contributed by atoms with Crippen molar-refractivity contribution in [3.63, 3.8) is 0 Å². The Labute approximate surface area is 184 Å². The van der Waals surface area contributed by atoms with Crippen LogP contribution in [0.15, 0.2) is 60.8 Å². The Balaban J connectivity index is 1.26. The minimum atomic E-state index is -0.985. The van der Waals surface area contributed by atoms with Gasteiger partial charge in [0.1, 0.15) is 6.04 Å². The summed E-state index contributed by atoms with van der Waals surface area (Å²) in [6.45, 7) is 0.521. The first-order valence-electron chi connectivity index (χ1n) is 10.7. The van der Waals surface area contributed by atoms with Gasteiger partial charge in [-0.15, -0.1) is 0 Å². The molecule has 0 spiro atoms. The Morgan fingerprint density at radius 3 is 2.66 bits per heavy atom. The summed E-state index contributed by atoms with van der Waals surface area (Å²) in [5.41, 5.74) is 5.16. The lowest BCUT2D eigenvalue weighted by Gasteiger charge is -2.30. The van der Waals surface area contributed by atoms with E-state index in [4.69, 9.17) is 0 Å². The Hall–Kier alpha value is -3.84. The topological polar surface area (TPSA) is 101 Å². The van der Waals surface area contributed by atoms with E-state index in [0.717, 1.165) is 34.1 Å². The molecule has 7 nitrogen and oxygen atoms in total. The van der Waals surface area contributed by atoms with Crippen molar-refractivity contribution in [1.29, 1.82) is 0 Å². The number of aliphatic hydroxyl groups is 1. The highest BCUT2D eigenvalue weighted by Gasteiger charge is 2.29. The summed E-state index contributed by atoms with van der Waals surface area (Å²) in [6, 6.07) is 14.9. The Kier molecular flexibility index (Phi) is 5.25. The normalized spacial score (nSPS) is 14.7. The summed E-state index contributed by atoms with van der Waals surface area (Å²) in [5, 5.41) is 14.6. The number of H-pyrrole nitrogens is 2. The lowest BCUT2D eigenvalue weighted by atomic mass is 10.0. The summed E-state index contributed by atoms with van der Waals surface area (Å²) >= 11 is 0. The molecule has 1 atom stereocenters. The molecule has 1 unspecified atom stereocenters. The van der Waals surface area contributed by atoms with Gasteiger partial charge in [-0.05, 0) is 35.8 Å². The zero-order chi connectivity index (χ0) is 22.1. The summed E-state index contributed by atoms with van der Waals surface area (Å²) in [7, 11) is 0. The van der Waals surface area contributed by atoms with Crippen molar-refractivity contribution in [2.75, 3.05) is 13.2 Å². The molecule has 0 saturated heterocycles. The molecule has 3 heterocycles. The minimum absolute atomic E-state index is 0.286. The summed E-state index contributed by atoms with van der Waals surface area (Å²) in [5.74, 6) is -0.711. The Bertz CT molecular complexity index is 1330. The van der Waals surface area contributed by atoms with Gasteiger partial charge in [0.25, 0.3) is 0 Å². The third kappa shape index (κ3) is 3.67. The molecule has 0 fully saturated rings. The van der Waals surface area contributed by atoms with Crippen molar-refractivity contribution in [3.8, 4) is 0 Å². The van der Waals surface area contributed by atoms with E-state index < -0.39 is 18.6 Å². The predicted octanol–water partition coefficient (Wildman–Crippen LogP) is 2.72. The van der Waals surface area contributed by atoms with Gasteiger partial charge in [-0.3, -0.25) is 9.59 Å². The highest BCUT2D eigenvalue weighted by Crippen LogP contribution is 2.27. The third-order valence-electron chi connectivity index (χ3n) is 6.03. The smallest absolute Gasteiger partial charge is 0.247 e. The second-order valence-corrected chi connectivity index (χ2v) is 8.00. The average molecular weight is 428 g/mol. The van der Waals surface area contributed by atoms with Gasteiger partial charge in [0.2, 0.25) is 11.8 Å². The fraction of sp³-hybridized carbons (Fsp3) is 0.200. The molecule has 4 aromatic rings. The Morgan fingerprint density at radius 1 is 1.09 bits per heavy atom. The number of para-hydroxylation sites is 2. The quantitative estimate of drug-likeness (QED) is 0.368. The van der Waals surface area contributed by atoms with Gasteiger partial charge in [-0.25, -0.2) is 0 Å². The molecule has 0 radical (unpaired) electrons. The first-order valence-corrected chi connectivity index (χ1v) is 10.7. The number of carbonyl (C=O) groups is 2. The molecule has 32 heavy (non-hydrogen) atoms. The third-order valence-corrected chi connectivity index (χ3v) is 6.03.